The molecule has 2 heterocycles. The van der Waals surface area contributed by atoms with Gasteiger partial charge in [-0.2, -0.15) is 0 Å². The van der Waals surface area contributed by atoms with Gasteiger partial charge in [0.25, 0.3) is 0 Å². The zero-order valence-corrected chi connectivity index (χ0v) is 10.8. The SMILES string of the molecule is Cc1ccc(-c2cc(-c3cccc(F)c3)nc(N)n2)o1. The lowest BCUT2D eigenvalue weighted by molar-refractivity contribution is 0.546. The Morgan fingerprint density at radius 3 is 2.55 bits per heavy atom. The van der Waals surface area contributed by atoms with Crippen LogP contribution in [0.5, 0.6) is 0 Å². The Kier molecular flexibility index (Phi) is 2.95. The summed E-state index contributed by atoms with van der Waals surface area (Å²) in [6, 6.07) is 11.6. The number of nitrogen functional groups attached to an aromatic ring is 1. The highest BCUT2D eigenvalue weighted by molar-refractivity contribution is 5.66. The van der Waals surface area contributed by atoms with Gasteiger partial charge in [-0.25, -0.2) is 14.4 Å². The second-order valence-electron chi connectivity index (χ2n) is 4.42. The predicted molar refractivity (Wildman–Crippen MR) is 74.3 cm³/mol. The summed E-state index contributed by atoms with van der Waals surface area (Å²) in [6.45, 7) is 1.85. The maximum Gasteiger partial charge on any atom is 0.221 e. The zero-order chi connectivity index (χ0) is 14.1. The third-order valence-electron chi connectivity index (χ3n) is 2.86. The second-order valence-corrected chi connectivity index (χ2v) is 4.42. The van der Waals surface area contributed by atoms with Crippen LogP contribution in [-0.2, 0) is 0 Å². The first-order valence-corrected chi connectivity index (χ1v) is 6.09. The van der Waals surface area contributed by atoms with E-state index in [9.17, 15) is 4.39 Å². The summed E-state index contributed by atoms with van der Waals surface area (Å²) in [5.41, 5.74) is 7.49. The molecule has 0 fully saturated rings. The van der Waals surface area contributed by atoms with E-state index in [2.05, 4.69) is 9.97 Å². The van der Waals surface area contributed by atoms with Crippen LogP contribution in [0.3, 0.4) is 0 Å². The van der Waals surface area contributed by atoms with Crippen molar-refractivity contribution in [2.45, 2.75) is 6.92 Å². The van der Waals surface area contributed by atoms with Gasteiger partial charge in [0.2, 0.25) is 5.95 Å². The molecule has 100 valence electrons. The van der Waals surface area contributed by atoms with E-state index in [1.54, 1.807) is 18.2 Å². The molecule has 0 saturated carbocycles. The molecule has 0 aliphatic carbocycles. The molecule has 4 nitrogen and oxygen atoms in total. The molecule has 0 aliphatic rings. The van der Waals surface area contributed by atoms with E-state index in [0.29, 0.717) is 22.7 Å². The van der Waals surface area contributed by atoms with Crippen LogP contribution in [0.25, 0.3) is 22.7 Å². The summed E-state index contributed by atoms with van der Waals surface area (Å²) in [7, 11) is 0. The molecule has 0 unspecified atom stereocenters. The van der Waals surface area contributed by atoms with Crippen molar-refractivity contribution in [3.05, 3.63) is 54.0 Å². The quantitative estimate of drug-likeness (QED) is 0.774. The van der Waals surface area contributed by atoms with Crippen molar-refractivity contribution in [2.24, 2.45) is 0 Å². The lowest BCUT2D eigenvalue weighted by Crippen LogP contribution is -1.98. The van der Waals surface area contributed by atoms with E-state index in [-0.39, 0.29) is 11.8 Å². The molecule has 2 N–H and O–H groups in total. The van der Waals surface area contributed by atoms with Gasteiger partial charge in [0.15, 0.2) is 5.76 Å². The number of nitrogens with two attached hydrogens (primary N) is 1. The van der Waals surface area contributed by atoms with Gasteiger partial charge in [0.1, 0.15) is 17.3 Å². The highest BCUT2D eigenvalue weighted by Gasteiger charge is 2.10. The standard InChI is InChI=1S/C15H12FN3O/c1-9-5-6-14(20-9)13-8-12(18-15(17)19-13)10-3-2-4-11(16)7-10/h2-8H,1H3,(H2,17,18,19). The molecule has 0 aliphatic heterocycles. The van der Waals surface area contributed by atoms with Crippen LogP contribution in [-0.4, -0.2) is 9.97 Å². The number of aryl methyl sites for hydroxylation is 1. The maximum atomic E-state index is 13.3. The fourth-order valence-corrected chi connectivity index (χ4v) is 1.96. The Bertz CT molecular complexity index is 767. The number of rotatable bonds is 2. The highest BCUT2D eigenvalue weighted by Crippen LogP contribution is 2.26. The van der Waals surface area contributed by atoms with Gasteiger partial charge in [-0.15, -0.1) is 0 Å². The van der Waals surface area contributed by atoms with E-state index in [1.165, 1.54) is 12.1 Å². The van der Waals surface area contributed by atoms with E-state index in [4.69, 9.17) is 10.2 Å². The van der Waals surface area contributed by atoms with Gasteiger partial charge < -0.3 is 10.2 Å². The van der Waals surface area contributed by atoms with Crippen LogP contribution in [0.1, 0.15) is 5.76 Å². The van der Waals surface area contributed by atoms with Crippen molar-refractivity contribution in [3.63, 3.8) is 0 Å². The van der Waals surface area contributed by atoms with Gasteiger partial charge in [0, 0.05) is 5.56 Å². The van der Waals surface area contributed by atoms with Crippen LogP contribution in [0, 0.1) is 12.7 Å². The van der Waals surface area contributed by atoms with E-state index in [0.717, 1.165) is 5.76 Å². The molecule has 0 spiro atoms. The number of nitrogens with zero attached hydrogens (tertiary/aromatic N) is 2. The van der Waals surface area contributed by atoms with Crippen LogP contribution in [0.2, 0.25) is 0 Å². The van der Waals surface area contributed by atoms with Crippen molar-refractivity contribution in [2.75, 3.05) is 5.73 Å². The summed E-state index contributed by atoms with van der Waals surface area (Å²) in [5.74, 6) is 1.18. The van der Waals surface area contributed by atoms with Crippen molar-refractivity contribution < 1.29 is 8.81 Å². The van der Waals surface area contributed by atoms with E-state index >= 15 is 0 Å². The number of aromatic nitrogens is 2. The molecule has 20 heavy (non-hydrogen) atoms. The van der Waals surface area contributed by atoms with Crippen molar-refractivity contribution in [1.82, 2.24) is 9.97 Å². The Labute approximate surface area is 115 Å². The summed E-state index contributed by atoms with van der Waals surface area (Å²) >= 11 is 0. The van der Waals surface area contributed by atoms with E-state index < -0.39 is 0 Å². The largest absolute Gasteiger partial charge is 0.460 e. The van der Waals surface area contributed by atoms with E-state index in [1.807, 2.05) is 19.1 Å². The molecule has 2 aromatic heterocycles. The third-order valence-corrected chi connectivity index (χ3v) is 2.86. The zero-order valence-electron chi connectivity index (χ0n) is 10.8. The summed E-state index contributed by atoms with van der Waals surface area (Å²) in [6.07, 6.45) is 0. The number of furan rings is 1. The van der Waals surface area contributed by atoms with Gasteiger partial charge >= 0.3 is 0 Å². The Hall–Kier alpha value is -2.69. The Morgan fingerprint density at radius 2 is 1.85 bits per heavy atom. The lowest BCUT2D eigenvalue weighted by atomic mass is 10.1. The molecule has 3 rings (SSSR count). The molecular weight excluding hydrogens is 257 g/mol. The molecule has 0 atom stereocenters. The average molecular weight is 269 g/mol. The normalized spacial score (nSPS) is 10.7. The monoisotopic (exact) mass is 269 g/mol. The summed E-state index contributed by atoms with van der Waals surface area (Å²) in [4.78, 5) is 8.28. The van der Waals surface area contributed by atoms with Crippen molar-refractivity contribution in [1.29, 1.82) is 0 Å². The van der Waals surface area contributed by atoms with Crippen molar-refractivity contribution in [3.8, 4) is 22.7 Å². The minimum atomic E-state index is -0.324. The fraction of sp³-hybridized carbons (Fsp3) is 0.0667. The molecule has 1 aromatic carbocycles. The van der Waals surface area contributed by atoms with Crippen molar-refractivity contribution >= 4 is 5.95 Å². The highest BCUT2D eigenvalue weighted by atomic mass is 19.1. The van der Waals surface area contributed by atoms with Crippen LogP contribution >= 0.6 is 0 Å². The fourth-order valence-electron chi connectivity index (χ4n) is 1.96. The minimum absolute atomic E-state index is 0.121. The van der Waals surface area contributed by atoms with Crippen LogP contribution < -0.4 is 5.73 Å². The molecule has 3 aromatic rings. The topological polar surface area (TPSA) is 64.9 Å². The van der Waals surface area contributed by atoms with Gasteiger partial charge in [-0.05, 0) is 37.3 Å². The number of hydrogen-bond acceptors (Lipinski definition) is 4. The first-order chi connectivity index (χ1) is 9.61. The lowest BCUT2D eigenvalue weighted by Gasteiger charge is -2.04. The predicted octanol–water partition coefficient (Wildman–Crippen LogP) is 3.43. The molecule has 0 amide bonds. The van der Waals surface area contributed by atoms with Crippen LogP contribution in [0.4, 0.5) is 10.3 Å². The number of anilines is 1. The van der Waals surface area contributed by atoms with Gasteiger partial charge in [-0.1, -0.05) is 12.1 Å². The minimum Gasteiger partial charge on any atom is -0.460 e. The maximum absolute atomic E-state index is 13.3. The summed E-state index contributed by atoms with van der Waals surface area (Å²) < 4.78 is 18.8. The van der Waals surface area contributed by atoms with Crippen LogP contribution in [0.15, 0.2) is 46.9 Å². The van der Waals surface area contributed by atoms with Gasteiger partial charge in [0.05, 0.1) is 5.69 Å². The molecule has 5 heteroatoms. The molecular formula is C15H12FN3O. The first-order valence-electron chi connectivity index (χ1n) is 6.09. The Morgan fingerprint density at radius 1 is 1.05 bits per heavy atom. The third kappa shape index (κ3) is 2.38. The molecule has 0 bridgehead atoms. The smallest absolute Gasteiger partial charge is 0.221 e. The Balaban J connectivity index is 2.11. The number of halogens is 1. The average Bonchev–Trinajstić information content (AvgIpc) is 2.85. The first kappa shape index (κ1) is 12.3. The molecule has 0 radical (unpaired) electrons. The second kappa shape index (κ2) is 4.77. The summed E-state index contributed by atoms with van der Waals surface area (Å²) in [5, 5.41) is 0. The van der Waals surface area contributed by atoms with Gasteiger partial charge in [-0.3, -0.25) is 0 Å². The number of benzene rings is 1. The number of hydrogen-bond donors (Lipinski definition) is 1. The molecule has 0 saturated heterocycles.